The molecule has 6 aromatic rings. The maximum absolute atomic E-state index is 7.50. The Morgan fingerprint density at radius 1 is 0.246 bits per heavy atom. The summed E-state index contributed by atoms with van der Waals surface area (Å²) in [4.78, 5) is 9.85. The van der Waals surface area contributed by atoms with Gasteiger partial charge in [-0.1, -0.05) is 479 Å². The second-order valence-corrected chi connectivity index (χ2v) is 35.7. The summed E-state index contributed by atoms with van der Waals surface area (Å²) in [7, 11) is 4.69. The Hall–Kier alpha value is -7.21. The predicted octanol–water partition coefficient (Wildman–Crippen LogP) is 35.8. The van der Waals surface area contributed by atoms with Gasteiger partial charge >= 0.3 is 61.6 Å². The molecule has 130 heavy (non-hydrogen) atoms. The SMILES string of the molecule is CC#Cc1ccc(-c2ccc(C#Cc3cc(OCCCCCCCCCCCCCCCCCC)c(C#Cc4ccc(-c5ccc(C#Cc6cc(OCCCCCCCCCCCCCCCCCC)c(C)cc6OCCCCCCCCCCCCCCCCCC)cn5)nc4)cc3OCCCCCCCCCCCCCCCCCC)cc2)cc1.[C-]#[O+].[C-]#[O+].[C-]#[O+].[Cl][Re]. The Balaban J connectivity index is 0.00000695. The van der Waals surface area contributed by atoms with Gasteiger partial charge in [-0.15, -0.1) is 5.92 Å². The van der Waals surface area contributed by atoms with Crippen LogP contribution in [0.1, 0.15) is 490 Å². The van der Waals surface area contributed by atoms with E-state index < -0.39 is 0 Å². The molecule has 0 bridgehead atoms. The molecule has 0 saturated heterocycles. The summed E-state index contributed by atoms with van der Waals surface area (Å²) in [5, 5.41) is 0. The molecular formula is C119H172ClN2O7Re. The number of hydrogen-bond acceptors (Lipinski definition) is 6. The van der Waals surface area contributed by atoms with Gasteiger partial charge in [0.2, 0.25) is 0 Å². The van der Waals surface area contributed by atoms with E-state index in [9.17, 15) is 0 Å². The van der Waals surface area contributed by atoms with Crippen molar-refractivity contribution < 1.29 is 51.1 Å². The molecule has 2 aromatic heterocycles. The number of unbranched alkanes of at least 4 members (excludes halogenated alkanes) is 60. The van der Waals surface area contributed by atoms with Crippen LogP contribution in [0.4, 0.5) is 0 Å². The molecule has 0 saturated carbocycles. The number of ether oxygens (including phenoxy) is 4. The van der Waals surface area contributed by atoms with Gasteiger partial charge in [0, 0.05) is 46.8 Å². The van der Waals surface area contributed by atoms with Crippen LogP contribution in [0, 0.1) is 74.2 Å². The predicted molar refractivity (Wildman–Crippen MR) is 545 cm³/mol. The number of aromatic nitrogens is 2. The van der Waals surface area contributed by atoms with E-state index in [2.05, 4.69) is 175 Å². The fraction of sp³-hybridized carbons (Fsp3) is 0.622. The number of benzene rings is 4. The normalized spacial score (nSPS) is 10.4. The monoisotopic (exact) mass is 1960 g/mol. The third kappa shape index (κ3) is 62.3. The third-order valence-corrected chi connectivity index (χ3v) is 24.6. The number of pyridine rings is 2. The Kier molecular flexibility index (Phi) is 82.0. The molecule has 0 atom stereocenters. The molecule has 6 rings (SSSR count). The zero-order valence-electron chi connectivity index (χ0n) is 82.5. The summed E-state index contributed by atoms with van der Waals surface area (Å²) in [5.74, 6) is 30.4. The molecular weight excluding hydrogens is 1790 g/mol. The summed E-state index contributed by atoms with van der Waals surface area (Å²) in [6.45, 7) is 29.3. The van der Waals surface area contributed by atoms with Crippen molar-refractivity contribution in [3.8, 4) is 92.9 Å². The number of nitrogens with zero attached hydrogens (tertiary/aromatic N) is 2. The maximum atomic E-state index is 7.50. The molecule has 0 amide bonds. The van der Waals surface area contributed by atoms with Crippen molar-refractivity contribution in [3.05, 3.63) is 174 Å². The van der Waals surface area contributed by atoms with Gasteiger partial charge < -0.3 is 18.9 Å². The molecule has 0 N–H and O–H groups in total. The van der Waals surface area contributed by atoms with Crippen LogP contribution in [0.15, 0.2) is 109 Å². The number of hydrogen-bond donors (Lipinski definition) is 0. The van der Waals surface area contributed by atoms with Crippen LogP contribution < -0.4 is 18.9 Å². The van der Waals surface area contributed by atoms with E-state index in [0.29, 0.717) is 26.4 Å². The number of rotatable bonds is 74. The van der Waals surface area contributed by atoms with Crippen LogP contribution in [0.3, 0.4) is 0 Å². The fourth-order valence-corrected chi connectivity index (χ4v) is 16.7. The summed E-state index contributed by atoms with van der Waals surface area (Å²) >= 11 is 1.19. The molecule has 0 aliphatic heterocycles. The van der Waals surface area contributed by atoms with Crippen LogP contribution in [0.5, 0.6) is 23.0 Å². The molecule has 0 unspecified atom stereocenters. The van der Waals surface area contributed by atoms with E-state index in [1.54, 1.807) is 0 Å². The second-order valence-electron chi connectivity index (χ2n) is 35.7. The molecule has 0 radical (unpaired) electrons. The molecule has 714 valence electrons. The average Bonchev–Trinajstić information content (AvgIpc) is 0.850. The summed E-state index contributed by atoms with van der Waals surface area (Å²) in [6.07, 6.45) is 89.4. The molecule has 0 fully saturated rings. The van der Waals surface area contributed by atoms with Crippen LogP contribution in [0.25, 0.3) is 22.5 Å². The van der Waals surface area contributed by atoms with E-state index in [0.717, 1.165) is 129 Å². The van der Waals surface area contributed by atoms with Crippen molar-refractivity contribution >= 4 is 9.53 Å². The van der Waals surface area contributed by atoms with Crippen molar-refractivity contribution in [1.82, 2.24) is 9.97 Å². The summed E-state index contributed by atoms with van der Waals surface area (Å²) in [6, 6.07) is 33.5. The first kappa shape index (κ1) is 119. The van der Waals surface area contributed by atoms with E-state index in [1.165, 1.54) is 391 Å². The van der Waals surface area contributed by atoms with Crippen molar-refractivity contribution in [3.63, 3.8) is 0 Å². The minimum absolute atomic E-state index is 0.608. The van der Waals surface area contributed by atoms with Gasteiger partial charge in [0.1, 0.15) is 23.0 Å². The molecule has 11 heteroatoms. The summed E-state index contributed by atoms with van der Waals surface area (Å²) < 4.78 is 49.2. The average molecular weight is 1960 g/mol. The Labute approximate surface area is 810 Å². The van der Waals surface area contributed by atoms with Crippen LogP contribution >= 0.6 is 9.53 Å². The molecule has 2 heterocycles. The van der Waals surface area contributed by atoms with Gasteiger partial charge in [-0.3, -0.25) is 9.97 Å². The Bertz CT molecular complexity index is 3970. The van der Waals surface area contributed by atoms with E-state index >= 15 is 0 Å². The first-order valence-corrected chi connectivity index (χ1v) is 55.5. The zero-order valence-corrected chi connectivity index (χ0v) is 86.0. The zero-order chi connectivity index (χ0) is 93.9. The third-order valence-electron chi connectivity index (χ3n) is 24.6. The fourth-order valence-electron chi connectivity index (χ4n) is 16.7. The first-order valence-electron chi connectivity index (χ1n) is 52.1. The first-order chi connectivity index (χ1) is 64.4. The van der Waals surface area contributed by atoms with Gasteiger partial charge in [-0.2, -0.15) is 0 Å². The Morgan fingerprint density at radius 3 is 0.662 bits per heavy atom. The molecule has 9 nitrogen and oxygen atoms in total. The quantitative estimate of drug-likeness (QED) is 0.0162. The number of halogens is 1. The minimum atomic E-state index is 0.608. The molecule has 4 aromatic carbocycles. The second kappa shape index (κ2) is 89.6. The van der Waals surface area contributed by atoms with Crippen LogP contribution in [0.2, 0.25) is 0 Å². The van der Waals surface area contributed by atoms with E-state index in [-0.39, 0.29) is 0 Å². The van der Waals surface area contributed by atoms with Crippen LogP contribution in [-0.4, -0.2) is 36.4 Å². The van der Waals surface area contributed by atoms with Crippen molar-refractivity contribution in [2.24, 2.45) is 0 Å². The van der Waals surface area contributed by atoms with Gasteiger partial charge in [0.15, 0.2) is 0 Å². The van der Waals surface area contributed by atoms with Gasteiger partial charge in [-0.05, 0) is 117 Å². The van der Waals surface area contributed by atoms with Crippen molar-refractivity contribution in [2.75, 3.05) is 26.4 Å². The van der Waals surface area contributed by atoms with Crippen molar-refractivity contribution in [2.45, 2.75) is 452 Å². The number of aryl methyl sites for hydroxylation is 1. The topological polar surface area (TPSA) is 122 Å². The van der Waals surface area contributed by atoms with E-state index in [4.69, 9.17) is 52.4 Å². The standard InChI is InChI=1S/C116H172N2O4.3CO.ClH.Re/c1-7-12-16-20-24-28-32-36-40-44-48-52-56-60-64-68-91-119-113-96-108(114(95-101(113)6)120-92-69-65-61-57-53-49-45-41-37-33-29-25-21-17-13-8-2)87-78-104-80-89-111(117-99-104)112-90-81-105(100-118-112)79-88-110-98-115(121-93-70-66-62-58-54-50-46-42-38-34-30-26-22-18-14-9-3)109(86-77-103-75-84-107(85-76-103)106-82-73-102(72-11-5)74-83-106)97-116(110)122-94-71-67-63-59-55-51-47-43-39-35-31-27-23-19-15-10-4;3*1-2;;/h73-76,80-85,89-90,95-100H,7-10,12-71,91-94H2,1-6H3;;;;1H;/q;;;;;+1/p-1. The van der Waals surface area contributed by atoms with Gasteiger partial charge in [-0.25, -0.2) is 0 Å². The van der Waals surface area contributed by atoms with Crippen LogP contribution in [-0.2, 0) is 32.1 Å². The summed E-state index contributed by atoms with van der Waals surface area (Å²) in [5.41, 5.74) is 10.9. The van der Waals surface area contributed by atoms with E-state index in [1.807, 2.05) is 43.6 Å². The Morgan fingerprint density at radius 2 is 0.438 bits per heavy atom. The molecule has 0 spiro atoms. The molecule has 0 aliphatic carbocycles. The molecule has 0 aliphatic rings. The van der Waals surface area contributed by atoms with Gasteiger partial charge in [0.25, 0.3) is 0 Å². The van der Waals surface area contributed by atoms with Crippen molar-refractivity contribution in [1.29, 1.82) is 0 Å². The van der Waals surface area contributed by atoms with Gasteiger partial charge in [0.05, 0.1) is 54.5 Å².